The number of carbonyl (C=O) groups excluding carboxylic acids is 4. The number of ketones is 2. The first-order valence-electron chi connectivity index (χ1n) is 15.6. The van der Waals surface area contributed by atoms with Crippen molar-refractivity contribution in [3.8, 4) is 5.75 Å². The van der Waals surface area contributed by atoms with E-state index in [2.05, 4.69) is 31.0 Å². The van der Waals surface area contributed by atoms with Gasteiger partial charge in [-0.15, -0.1) is 24.8 Å². The fraction of sp³-hybridized carbons (Fsp3) is 0.576. The van der Waals surface area contributed by atoms with Crippen molar-refractivity contribution < 1.29 is 39.6 Å². The summed E-state index contributed by atoms with van der Waals surface area (Å²) in [6.07, 6.45) is 1.64. The van der Waals surface area contributed by atoms with E-state index < -0.39 is 69.8 Å². The molecule has 3 aliphatic carbocycles. The van der Waals surface area contributed by atoms with Crippen LogP contribution in [-0.4, -0.2) is 113 Å². The van der Waals surface area contributed by atoms with Gasteiger partial charge in [0.2, 0.25) is 11.7 Å². The number of nitrogens with one attached hydrogen (secondary N) is 1. The van der Waals surface area contributed by atoms with E-state index in [1.807, 2.05) is 0 Å². The maximum atomic E-state index is 14.2. The zero-order chi connectivity index (χ0) is 34.2. The van der Waals surface area contributed by atoms with Gasteiger partial charge in [-0.3, -0.25) is 29.0 Å². The van der Waals surface area contributed by atoms with Gasteiger partial charge in [0.1, 0.15) is 22.8 Å². The minimum atomic E-state index is -2.73. The predicted octanol–water partition coefficient (Wildman–Crippen LogP) is 2.32. The highest BCUT2D eigenvalue weighted by molar-refractivity contribution is 6.24. The smallest absolute Gasteiger partial charge is 0.255 e. The number of aliphatic hydroxyl groups excluding tert-OH is 2. The van der Waals surface area contributed by atoms with E-state index in [0.717, 1.165) is 13.0 Å². The molecular weight excluding hydrogens is 665 g/mol. The first-order chi connectivity index (χ1) is 21.3. The molecule has 0 spiro atoms. The number of phenols is 1. The van der Waals surface area contributed by atoms with Crippen molar-refractivity contribution in [2.24, 2.45) is 23.0 Å². The first kappa shape index (κ1) is 39.1. The van der Waals surface area contributed by atoms with E-state index in [-0.39, 0.29) is 65.8 Å². The SMILES string of the molecule is CN(C)c1cc(NC(=O)C2CCCN2CC(C)(C)C)c(O)c2c1C[C@H]1C[C@H]3[C@H](N(C)C)C(=O)C(C(N)=O)=C(O)[C@@]3(O)C(=O)C1=C2O.Cl.Cl. The predicted molar refractivity (Wildman–Crippen MR) is 186 cm³/mol. The lowest BCUT2D eigenvalue weighted by atomic mass is 9.57. The molecule has 7 N–H and O–H groups in total. The Morgan fingerprint density at radius 2 is 1.73 bits per heavy atom. The topological polar surface area (TPSA) is 197 Å². The summed E-state index contributed by atoms with van der Waals surface area (Å²) in [6.45, 7) is 7.79. The summed E-state index contributed by atoms with van der Waals surface area (Å²) in [5, 5.41) is 49.1. The molecule has 1 aliphatic heterocycles. The number of nitrogens with two attached hydrogens (primary N) is 1. The number of aromatic hydroxyl groups is 1. The van der Waals surface area contributed by atoms with Crippen molar-refractivity contribution in [2.45, 2.75) is 64.1 Å². The van der Waals surface area contributed by atoms with Gasteiger partial charge >= 0.3 is 0 Å². The number of hydrogen-bond donors (Lipinski definition) is 6. The minimum absolute atomic E-state index is 0. The van der Waals surface area contributed by atoms with Gasteiger partial charge in [-0.2, -0.15) is 0 Å². The number of primary amides is 1. The third-order valence-corrected chi connectivity index (χ3v) is 9.78. The van der Waals surface area contributed by atoms with Crippen LogP contribution in [-0.2, 0) is 25.6 Å². The summed E-state index contributed by atoms with van der Waals surface area (Å²) in [5.41, 5.74) is 2.62. The monoisotopic (exact) mass is 711 g/mol. The number of likely N-dealkylation sites (tertiary alicyclic amines) is 1. The quantitative estimate of drug-likeness (QED) is 0.187. The van der Waals surface area contributed by atoms with Crippen LogP contribution in [0.25, 0.3) is 5.76 Å². The minimum Gasteiger partial charge on any atom is -0.508 e. The van der Waals surface area contributed by atoms with Gasteiger partial charge in [0.25, 0.3) is 5.91 Å². The van der Waals surface area contributed by atoms with E-state index in [1.54, 1.807) is 39.2 Å². The van der Waals surface area contributed by atoms with E-state index in [4.69, 9.17) is 5.73 Å². The molecule has 0 bridgehead atoms. The lowest BCUT2D eigenvalue weighted by Gasteiger charge is -2.50. The van der Waals surface area contributed by atoms with Gasteiger partial charge in [0.15, 0.2) is 11.4 Å². The lowest BCUT2D eigenvalue weighted by Crippen LogP contribution is -2.65. The van der Waals surface area contributed by atoms with Crippen molar-refractivity contribution in [1.29, 1.82) is 0 Å². The van der Waals surface area contributed by atoms with Crippen LogP contribution in [0, 0.1) is 17.3 Å². The van der Waals surface area contributed by atoms with Crippen LogP contribution in [0.5, 0.6) is 5.75 Å². The summed E-state index contributed by atoms with van der Waals surface area (Å²) >= 11 is 0. The van der Waals surface area contributed by atoms with Crippen LogP contribution in [0.1, 0.15) is 51.2 Å². The van der Waals surface area contributed by atoms with Gasteiger partial charge in [-0.05, 0) is 69.3 Å². The molecule has 48 heavy (non-hydrogen) atoms. The van der Waals surface area contributed by atoms with Gasteiger partial charge in [-0.25, -0.2) is 0 Å². The van der Waals surface area contributed by atoms with Crippen molar-refractivity contribution in [2.75, 3.05) is 51.5 Å². The van der Waals surface area contributed by atoms with Gasteiger partial charge in [-0.1, -0.05) is 20.8 Å². The molecule has 1 unspecified atom stereocenters. The van der Waals surface area contributed by atoms with Crippen molar-refractivity contribution in [1.82, 2.24) is 9.80 Å². The fourth-order valence-electron chi connectivity index (χ4n) is 7.92. The van der Waals surface area contributed by atoms with Crippen LogP contribution in [0.4, 0.5) is 11.4 Å². The fourth-order valence-corrected chi connectivity index (χ4v) is 7.92. The average molecular weight is 713 g/mol. The molecule has 2 fully saturated rings. The number of rotatable bonds is 6. The number of benzene rings is 1. The highest BCUT2D eigenvalue weighted by Crippen LogP contribution is 2.54. The first-order valence-corrected chi connectivity index (χ1v) is 15.6. The molecule has 13 nitrogen and oxygen atoms in total. The van der Waals surface area contributed by atoms with Gasteiger partial charge < -0.3 is 36.4 Å². The number of halogens is 2. The second-order valence-electron chi connectivity index (χ2n) is 14.7. The molecule has 1 saturated heterocycles. The van der Waals surface area contributed by atoms with Crippen LogP contribution >= 0.6 is 24.8 Å². The van der Waals surface area contributed by atoms with E-state index in [0.29, 0.717) is 24.2 Å². The van der Waals surface area contributed by atoms with Crippen LogP contribution in [0.3, 0.4) is 0 Å². The zero-order valence-corrected chi connectivity index (χ0v) is 29.9. The Bertz CT molecular complexity index is 1600. The summed E-state index contributed by atoms with van der Waals surface area (Å²) in [4.78, 5) is 58.7. The van der Waals surface area contributed by atoms with Crippen LogP contribution < -0.4 is 16.0 Å². The third kappa shape index (κ3) is 6.15. The molecule has 0 aromatic heterocycles. The number of anilines is 2. The molecule has 5 rings (SSSR count). The molecule has 2 amide bonds. The average Bonchev–Trinajstić information content (AvgIpc) is 3.38. The Balaban J connectivity index is 0.00000312. The molecular formula is C33H47Cl2N5O8. The molecule has 1 aromatic carbocycles. The second-order valence-corrected chi connectivity index (χ2v) is 14.7. The number of likely N-dealkylation sites (N-methyl/N-ethyl adjacent to an activating group) is 1. The summed E-state index contributed by atoms with van der Waals surface area (Å²) in [5.74, 6) is -7.54. The Morgan fingerprint density at radius 3 is 2.27 bits per heavy atom. The number of nitrogens with zero attached hydrogens (tertiary/aromatic N) is 3. The second kappa shape index (κ2) is 13.5. The summed E-state index contributed by atoms with van der Waals surface area (Å²) in [6, 6.07) is 0.0624. The highest BCUT2D eigenvalue weighted by Gasteiger charge is 2.64. The Morgan fingerprint density at radius 1 is 1.10 bits per heavy atom. The maximum Gasteiger partial charge on any atom is 0.255 e. The summed E-state index contributed by atoms with van der Waals surface area (Å²) < 4.78 is 0. The molecule has 4 aliphatic rings. The normalized spacial score (nSPS) is 27.1. The Hall–Kier alpha value is -3.36. The van der Waals surface area contributed by atoms with Gasteiger partial charge in [0, 0.05) is 37.8 Å². The Labute approximate surface area is 292 Å². The summed E-state index contributed by atoms with van der Waals surface area (Å²) in [7, 11) is 6.66. The molecule has 1 aromatic rings. The lowest BCUT2D eigenvalue weighted by molar-refractivity contribution is -0.153. The number of amides is 2. The number of aliphatic hydroxyl groups is 3. The zero-order valence-electron chi connectivity index (χ0n) is 28.3. The maximum absolute atomic E-state index is 14.2. The number of carbonyl (C=O) groups is 4. The highest BCUT2D eigenvalue weighted by atomic mass is 35.5. The molecule has 1 saturated carbocycles. The number of phenolic OH excluding ortho intramolecular Hbond substituents is 1. The standard InChI is InChI=1S/C33H45N5O8.2ClH/c1-32(2,3)14-38-10-8-9-19(38)31(45)35-18-13-20(36(4)5)16-11-15-12-17-24(37(6)7)27(41)23(30(34)44)29(43)33(17,46)28(42)21(15)26(40)22(16)25(18)39;;/h13,15,17,19,24,39-40,43,46H,8-12,14H2,1-7H3,(H2,34,44)(H,35,45);2*1H/t15-,17-,19?,24-,33-;;/m0../s1. The molecule has 15 heteroatoms. The van der Waals surface area contributed by atoms with Crippen molar-refractivity contribution in [3.05, 3.63) is 34.1 Å². The molecule has 5 atom stereocenters. The number of hydrogen-bond acceptors (Lipinski definition) is 11. The number of Topliss-reactive ketones (excluding diaryl/α,β-unsaturated/α-hetero) is 2. The molecule has 1 heterocycles. The largest absolute Gasteiger partial charge is 0.508 e. The van der Waals surface area contributed by atoms with E-state index in [9.17, 15) is 39.6 Å². The Kier molecular flexibility index (Phi) is 11.0. The van der Waals surface area contributed by atoms with Crippen molar-refractivity contribution >= 4 is 65.3 Å². The van der Waals surface area contributed by atoms with Crippen LogP contribution in [0.15, 0.2) is 23.0 Å². The third-order valence-electron chi connectivity index (χ3n) is 9.78. The van der Waals surface area contributed by atoms with Gasteiger partial charge in [0.05, 0.1) is 23.3 Å². The van der Waals surface area contributed by atoms with E-state index in [1.165, 1.54) is 4.90 Å². The molecule has 0 radical (unpaired) electrons. The van der Waals surface area contributed by atoms with E-state index >= 15 is 0 Å². The number of fused-ring (bicyclic) bond motifs is 3. The van der Waals surface area contributed by atoms with Crippen molar-refractivity contribution in [3.63, 3.8) is 0 Å². The van der Waals surface area contributed by atoms with Crippen LogP contribution in [0.2, 0.25) is 0 Å². The molecule has 266 valence electrons.